The Morgan fingerprint density at radius 1 is 1.29 bits per heavy atom. The average Bonchev–Trinajstić information content (AvgIpc) is 2.47. The van der Waals surface area contributed by atoms with Gasteiger partial charge < -0.3 is 10.1 Å². The molecule has 2 aromatic rings. The second-order valence-electron chi connectivity index (χ2n) is 7.28. The SMILES string of the molecule is CC(C)(C)NC(=O)OC1CC(/C=C/c2ccc3cccnc3n2)C1. The summed E-state index contributed by atoms with van der Waals surface area (Å²) in [6, 6.07) is 7.92. The fourth-order valence-electron chi connectivity index (χ4n) is 2.64. The van der Waals surface area contributed by atoms with Crippen molar-refractivity contribution in [3.63, 3.8) is 0 Å². The molecule has 3 rings (SSSR count). The highest BCUT2D eigenvalue weighted by Crippen LogP contribution is 2.31. The minimum Gasteiger partial charge on any atom is -0.446 e. The number of aromatic nitrogens is 2. The number of nitrogens with zero attached hydrogens (tertiary/aromatic N) is 2. The molecule has 2 heterocycles. The van der Waals surface area contributed by atoms with E-state index in [2.05, 4.69) is 21.4 Å². The molecule has 5 nitrogen and oxygen atoms in total. The Bertz CT molecular complexity index is 759. The first kappa shape index (κ1) is 16.4. The maximum Gasteiger partial charge on any atom is 0.407 e. The molecule has 0 unspecified atom stereocenters. The summed E-state index contributed by atoms with van der Waals surface area (Å²) in [4.78, 5) is 20.5. The first-order valence-electron chi connectivity index (χ1n) is 8.28. The van der Waals surface area contributed by atoms with Crippen LogP contribution in [0.5, 0.6) is 0 Å². The molecule has 0 bridgehead atoms. The molecule has 0 aromatic carbocycles. The van der Waals surface area contributed by atoms with Crippen LogP contribution in [0.2, 0.25) is 0 Å². The van der Waals surface area contributed by atoms with Gasteiger partial charge in [-0.3, -0.25) is 0 Å². The third kappa shape index (κ3) is 4.31. The minimum atomic E-state index is -0.336. The summed E-state index contributed by atoms with van der Waals surface area (Å²) >= 11 is 0. The van der Waals surface area contributed by atoms with E-state index in [-0.39, 0.29) is 17.7 Å². The predicted octanol–water partition coefficient (Wildman–Crippen LogP) is 3.95. The van der Waals surface area contributed by atoms with E-state index in [0.717, 1.165) is 29.6 Å². The summed E-state index contributed by atoms with van der Waals surface area (Å²) in [5.41, 5.74) is 1.39. The number of nitrogens with one attached hydrogen (secondary N) is 1. The van der Waals surface area contributed by atoms with Crippen LogP contribution in [-0.2, 0) is 4.74 Å². The lowest BCUT2D eigenvalue weighted by Gasteiger charge is -2.33. The van der Waals surface area contributed by atoms with Crippen LogP contribution in [0.4, 0.5) is 4.79 Å². The van der Waals surface area contributed by atoms with E-state index < -0.39 is 0 Å². The summed E-state index contributed by atoms with van der Waals surface area (Å²) in [7, 11) is 0. The number of allylic oxidation sites excluding steroid dienone is 1. The molecule has 0 atom stereocenters. The zero-order valence-corrected chi connectivity index (χ0v) is 14.3. The van der Waals surface area contributed by atoms with Crippen molar-refractivity contribution in [2.75, 3.05) is 0 Å². The van der Waals surface area contributed by atoms with Crippen molar-refractivity contribution in [3.05, 3.63) is 42.2 Å². The van der Waals surface area contributed by atoms with E-state index in [1.54, 1.807) is 6.20 Å². The van der Waals surface area contributed by atoms with Gasteiger partial charge >= 0.3 is 6.09 Å². The zero-order valence-electron chi connectivity index (χ0n) is 14.3. The van der Waals surface area contributed by atoms with E-state index in [1.807, 2.05) is 51.1 Å². The third-order valence-electron chi connectivity index (χ3n) is 3.91. The smallest absolute Gasteiger partial charge is 0.407 e. The molecular formula is C19H23N3O2. The number of rotatable bonds is 3. The van der Waals surface area contributed by atoms with E-state index in [1.165, 1.54) is 0 Å². The van der Waals surface area contributed by atoms with E-state index in [9.17, 15) is 4.79 Å². The van der Waals surface area contributed by atoms with Crippen LogP contribution < -0.4 is 5.32 Å². The number of alkyl carbamates (subject to hydrolysis) is 1. The number of carbonyl (C=O) groups excluding carboxylic acids is 1. The van der Waals surface area contributed by atoms with Gasteiger partial charge in [0.05, 0.1) is 5.69 Å². The number of hydrogen-bond acceptors (Lipinski definition) is 4. The van der Waals surface area contributed by atoms with Crippen LogP contribution >= 0.6 is 0 Å². The summed E-state index contributed by atoms with van der Waals surface area (Å²) in [5, 5.41) is 3.85. The zero-order chi connectivity index (χ0) is 17.2. The van der Waals surface area contributed by atoms with Gasteiger partial charge in [0, 0.05) is 17.1 Å². The molecule has 24 heavy (non-hydrogen) atoms. The summed E-state index contributed by atoms with van der Waals surface area (Å²) in [5.74, 6) is 0.429. The Morgan fingerprint density at radius 2 is 2.08 bits per heavy atom. The molecule has 2 aromatic heterocycles. The maximum absolute atomic E-state index is 11.7. The molecule has 1 aliphatic carbocycles. The van der Waals surface area contributed by atoms with E-state index >= 15 is 0 Å². The number of fused-ring (bicyclic) bond motifs is 1. The molecule has 0 aliphatic heterocycles. The largest absolute Gasteiger partial charge is 0.446 e. The lowest BCUT2D eigenvalue weighted by atomic mass is 9.82. The van der Waals surface area contributed by atoms with Gasteiger partial charge in [0.15, 0.2) is 5.65 Å². The normalized spacial score (nSPS) is 20.8. The highest BCUT2D eigenvalue weighted by atomic mass is 16.6. The molecule has 0 spiro atoms. The second-order valence-corrected chi connectivity index (χ2v) is 7.28. The van der Waals surface area contributed by atoms with Gasteiger partial charge in [-0.25, -0.2) is 14.8 Å². The fourth-order valence-corrected chi connectivity index (χ4v) is 2.64. The van der Waals surface area contributed by atoms with Gasteiger partial charge in [-0.2, -0.15) is 0 Å². The summed E-state index contributed by atoms with van der Waals surface area (Å²) in [6.45, 7) is 5.81. The lowest BCUT2D eigenvalue weighted by Crippen LogP contribution is -2.44. The molecular weight excluding hydrogens is 302 g/mol. The summed E-state index contributed by atoms with van der Waals surface area (Å²) in [6.07, 6.45) is 7.30. The van der Waals surface area contributed by atoms with Gasteiger partial charge in [-0.1, -0.05) is 6.08 Å². The van der Waals surface area contributed by atoms with Crippen LogP contribution in [0, 0.1) is 5.92 Å². The van der Waals surface area contributed by atoms with Gasteiger partial charge in [0.1, 0.15) is 6.10 Å². The quantitative estimate of drug-likeness (QED) is 0.928. The number of carbonyl (C=O) groups is 1. The van der Waals surface area contributed by atoms with Gasteiger partial charge in [0.2, 0.25) is 0 Å². The monoisotopic (exact) mass is 325 g/mol. The predicted molar refractivity (Wildman–Crippen MR) is 94.5 cm³/mol. The molecule has 0 saturated heterocycles. The maximum atomic E-state index is 11.7. The molecule has 1 fully saturated rings. The second kappa shape index (κ2) is 6.59. The Balaban J connectivity index is 1.49. The first-order chi connectivity index (χ1) is 11.4. The van der Waals surface area contributed by atoms with Gasteiger partial charge in [-0.15, -0.1) is 0 Å². The molecule has 126 valence electrons. The minimum absolute atomic E-state index is 0.00762. The molecule has 1 saturated carbocycles. The number of ether oxygens (including phenoxy) is 1. The van der Waals surface area contributed by atoms with Crippen molar-refractivity contribution in [1.82, 2.24) is 15.3 Å². The van der Waals surface area contributed by atoms with Crippen LogP contribution in [0.15, 0.2) is 36.5 Å². The van der Waals surface area contributed by atoms with Crippen molar-refractivity contribution in [3.8, 4) is 0 Å². The average molecular weight is 325 g/mol. The molecule has 5 heteroatoms. The Morgan fingerprint density at radius 3 is 2.83 bits per heavy atom. The number of pyridine rings is 2. The first-order valence-corrected chi connectivity index (χ1v) is 8.28. The van der Waals surface area contributed by atoms with Crippen LogP contribution in [-0.4, -0.2) is 27.7 Å². The molecule has 1 amide bonds. The fraction of sp³-hybridized carbons (Fsp3) is 0.421. The summed E-state index contributed by atoms with van der Waals surface area (Å²) < 4.78 is 5.39. The molecule has 0 radical (unpaired) electrons. The van der Waals surface area contributed by atoms with Crippen LogP contribution in [0.1, 0.15) is 39.3 Å². The lowest BCUT2D eigenvalue weighted by molar-refractivity contribution is 0.0281. The molecule has 1 N–H and O–H groups in total. The van der Waals surface area contributed by atoms with Crippen LogP contribution in [0.25, 0.3) is 17.1 Å². The van der Waals surface area contributed by atoms with Crippen molar-refractivity contribution in [2.45, 2.75) is 45.3 Å². The molecule has 1 aliphatic rings. The Labute approximate surface area is 142 Å². The van der Waals surface area contributed by atoms with E-state index in [4.69, 9.17) is 4.74 Å². The number of amides is 1. The van der Waals surface area contributed by atoms with Crippen LogP contribution in [0.3, 0.4) is 0 Å². The number of hydrogen-bond donors (Lipinski definition) is 1. The van der Waals surface area contributed by atoms with Crippen molar-refractivity contribution in [2.24, 2.45) is 5.92 Å². The van der Waals surface area contributed by atoms with Gasteiger partial charge in [0.25, 0.3) is 0 Å². The van der Waals surface area contributed by atoms with Crippen molar-refractivity contribution in [1.29, 1.82) is 0 Å². The van der Waals surface area contributed by atoms with E-state index in [0.29, 0.717) is 5.92 Å². The highest BCUT2D eigenvalue weighted by molar-refractivity contribution is 5.75. The van der Waals surface area contributed by atoms with Gasteiger partial charge in [-0.05, 0) is 69.9 Å². The van der Waals surface area contributed by atoms with Crippen molar-refractivity contribution >= 4 is 23.2 Å². The Hall–Kier alpha value is -2.43. The highest BCUT2D eigenvalue weighted by Gasteiger charge is 2.31. The topological polar surface area (TPSA) is 64.1 Å². The van der Waals surface area contributed by atoms with Crippen molar-refractivity contribution < 1.29 is 9.53 Å². The third-order valence-corrected chi connectivity index (χ3v) is 3.91. The Kier molecular flexibility index (Phi) is 4.51. The standard InChI is InChI=1S/C19H23N3O2/c1-19(2,3)22-18(23)24-16-11-13(12-16)6-8-15-9-7-14-5-4-10-20-17(14)21-15/h4-10,13,16H,11-12H2,1-3H3,(H,22,23)/b8-6+.